The highest BCUT2D eigenvalue weighted by Gasteiger charge is 2.17. The van der Waals surface area contributed by atoms with Gasteiger partial charge in [0, 0.05) is 28.0 Å². The third kappa shape index (κ3) is 3.15. The largest absolute Gasteiger partial charge is 0.455 e. The van der Waals surface area contributed by atoms with Crippen LogP contribution in [0.4, 0.5) is 0 Å². The predicted molar refractivity (Wildman–Crippen MR) is 131 cm³/mol. The summed E-state index contributed by atoms with van der Waals surface area (Å²) in [4.78, 5) is 9.34. The lowest BCUT2D eigenvalue weighted by atomic mass is 10.0. The molecule has 0 saturated heterocycles. The van der Waals surface area contributed by atoms with Gasteiger partial charge in [0.2, 0.25) is 0 Å². The molecule has 6 aromatic rings. The highest BCUT2D eigenvalue weighted by atomic mass is 35.5. The summed E-state index contributed by atoms with van der Waals surface area (Å²) in [6, 6.07) is 34.3. The molecule has 0 aliphatic carbocycles. The minimum atomic E-state index is 0.395. The van der Waals surface area contributed by atoms with Crippen LogP contribution in [0.2, 0.25) is 5.15 Å². The first-order chi connectivity index (χ1) is 15.8. The van der Waals surface area contributed by atoms with E-state index in [1.165, 1.54) is 0 Å². The Morgan fingerprint density at radius 2 is 1.16 bits per heavy atom. The van der Waals surface area contributed by atoms with E-state index < -0.39 is 0 Å². The second kappa shape index (κ2) is 7.63. The van der Waals surface area contributed by atoms with Crippen LogP contribution in [-0.4, -0.2) is 9.97 Å². The number of furan rings is 1. The summed E-state index contributed by atoms with van der Waals surface area (Å²) in [5, 5.41) is 2.49. The Balaban J connectivity index is 1.60. The van der Waals surface area contributed by atoms with E-state index in [-0.39, 0.29) is 0 Å². The number of rotatable bonds is 3. The zero-order valence-corrected chi connectivity index (χ0v) is 17.8. The van der Waals surface area contributed by atoms with Crippen molar-refractivity contribution < 1.29 is 4.42 Å². The molecule has 0 fully saturated rings. The van der Waals surface area contributed by atoms with Crippen LogP contribution in [0.1, 0.15) is 0 Å². The van der Waals surface area contributed by atoms with E-state index in [9.17, 15) is 0 Å². The van der Waals surface area contributed by atoms with Crippen molar-refractivity contribution in [2.45, 2.75) is 0 Å². The van der Waals surface area contributed by atoms with Crippen LogP contribution in [-0.2, 0) is 0 Å². The second-order valence-corrected chi connectivity index (χ2v) is 7.99. The van der Waals surface area contributed by atoms with Crippen LogP contribution in [0, 0.1) is 0 Å². The topological polar surface area (TPSA) is 38.9 Å². The molecule has 0 amide bonds. The summed E-state index contributed by atoms with van der Waals surface area (Å²) in [7, 11) is 0. The summed E-state index contributed by atoms with van der Waals surface area (Å²) >= 11 is 6.40. The van der Waals surface area contributed by atoms with Crippen LogP contribution in [0.5, 0.6) is 0 Å². The molecule has 0 saturated carbocycles. The lowest BCUT2D eigenvalue weighted by molar-refractivity contribution is 0.670. The minimum Gasteiger partial charge on any atom is -0.455 e. The van der Waals surface area contributed by atoms with Gasteiger partial charge in [0.25, 0.3) is 0 Å². The molecule has 0 aliphatic rings. The third-order valence-electron chi connectivity index (χ3n) is 5.61. The molecule has 0 bridgehead atoms. The van der Waals surface area contributed by atoms with Crippen molar-refractivity contribution in [1.82, 2.24) is 9.97 Å². The van der Waals surface area contributed by atoms with E-state index in [1.807, 2.05) is 60.7 Å². The first kappa shape index (κ1) is 18.8. The fourth-order valence-electron chi connectivity index (χ4n) is 4.14. The Kier molecular flexibility index (Phi) is 4.48. The zero-order valence-electron chi connectivity index (χ0n) is 17.0. The van der Waals surface area contributed by atoms with Gasteiger partial charge in [-0.2, -0.15) is 0 Å². The molecule has 0 radical (unpaired) electrons. The molecule has 2 aromatic heterocycles. The quantitative estimate of drug-likeness (QED) is 0.266. The Morgan fingerprint density at radius 3 is 1.84 bits per heavy atom. The smallest absolute Gasteiger partial charge is 0.165 e. The van der Waals surface area contributed by atoms with Crippen LogP contribution in [0.25, 0.3) is 55.7 Å². The Bertz CT molecular complexity index is 1570. The summed E-state index contributed by atoms with van der Waals surface area (Å²) in [5.74, 6) is 0.544. The second-order valence-electron chi connectivity index (χ2n) is 7.60. The van der Waals surface area contributed by atoms with Crippen LogP contribution in [0.15, 0.2) is 108 Å². The van der Waals surface area contributed by atoms with Gasteiger partial charge < -0.3 is 4.42 Å². The standard InChI is InChI=1S/C28H17ClN2O/c29-25-17-24(19-11-5-2-6-12-19)30-28(31-25)23-16-8-15-22-21-14-7-13-20(26(21)32-27(22)23)18-9-3-1-4-10-18/h1-17H. The molecular weight excluding hydrogens is 416 g/mol. The fraction of sp³-hybridized carbons (Fsp3) is 0. The molecule has 4 heteroatoms. The number of aromatic nitrogens is 2. The highest BCUT2D eigenvalue weighted by molar-refractivity contribution is 6.29. The van der Waals surface area contributed by atoms with E-state index >= 15 is 0 Å². The molecular formula is C28H17ClN2O. The van der Waals surface area contributed by atoms with E-state index in [0.29, 0.717) is 11.0 Å². The maximum absolute atomic E-state index is 6.49. The van der Waals surface area contributed by atoms with E-state index in [2.05, 4.69) is 41.4 Å². The number of hydrogen-bond donors (Lipinski definition) is 0. The number of halogens is 1. The molecule has 2 heterocycles. The van der Waals surface area contributed by atoms with Crippen molar-refractivity contribution in [3.8, 4) is 33.8 Å². The van der Waals surface area contributed by atoms with E-state index in [1.54, 1.807) is 6.07 Å². The summed E-state index contributed by atoms with van der Waals surface area (Å²) in [5.41, 5.74) is 6.36. The summed E-state index contributed by atoms with van der Waals surface area (Å²) in [6.07, 6.45) is 0. The van der Waals surface area contributed by atoms with Gasteiger partial charge in [-0.25, -0.2) is 9.97 Å². The molecule has 0 N–H and O–H groups in total. The van der Waals surface area contributed by atoms with Gasteiger partial charge in [0.15, 0.2) is 5.82 Å². The first-order valence-electron chi connectivity index (χ1n) is 10.4. The maximum atomic E-state index is 6.49. The predicted octanol–water partition coefficient (Wildman–Crippen LogP) is 8.03. The van der Waals surface area contributed by atoms with Crippen LogP contribution < -0.4 is 0 Å². The molecule has 0 spiro atoms. The summed E-state index contributed by atoms with van der Waals surface area (Å²) < 4.78 is 6.49. The highest BCUT2D eigenvalue weighted by Crippen LogP contribution is 2.39. The average Bonchev–Trinajstić information content (AvgIpc) is 3.24. The van der Waals surface area contributed by atoms with Gasteiger partial charge in [-0.15, -0.1) is 0 Å². The van der Waals surface area contributed by atoms with Crippen LogP contribution in [0.3, 0.4) is 0 Å². The van der Waals surface area contributed by atoms with E-state index in [4.69, 9.17) is 21.0 Å². The monoisotopic (exact) mass is 432 g/mol. The van der Waals surface area contributed by atoms with Gasteiger partial charge in [0.1, 0.15) is 16.3 Å². The van der Waals surface area contributed by atoms with Gasteiger partial charge in [-0.05, 0) is 11.6 Å². The Labute approximate surface area is 190 Å². The normalized spacial score (nSPS) is 11.3. The van der Waals surface area contributed by atoms with Crippen molar-refractivity contribution in [2.75, 3.05) is 0 Å². The fourth-order valence-corrected chi connectivity index (χ4v) is 4.32. The van der Waals surface area contributed by atoms with Crippen molar-refractivity contribution in [1.29, 1.82) is 0 Å². The number of hydrogen-bond acceptors (Lipinski definition) is 3. The summed E-state index contributed by atoms with van der Waals surface area (Å²) in [6.45, 7) is 0. The molecule has 32 heavy (non-hydrogen) atoms. The lowest BCUT2D eigenvalue weighted by Crippen LogP contribution is -1.93. The lowest BCUT2D eigenvalue weighted by Gasteiger charge is -2.06. The molecule has 3 nitrogen and oxygen atoms in total. The van der Waals surface area contributed by atoms with E-state index in [0.717, 1.165) is 49.9 Å². The van der Waals surface area contributed by atoms with Crippen molar-refractivity contribution in [3.05, 3.63) is 108 Å². The third-order valence-corrected chi connectivity index (χ3v) is 5.81. The maximum Gasteiger partial charge on any atom is 0.165 e. The number of para-hydroxylation sites is 2. The molecule has 0 unspecified atom stereocenters. The molecule has 6 rings (SSSR count). The molecule has 152 valence electrons. The number of fused-ring (bicyclic) bond motifs is 3. The molecule has 4 aromatic carbocycles. The first-order valence-corrected chi connectivity index (χ1v) is 10.8. The van der Waals surface area contributed by atoms with Crippen molar-refractivity contribution in [3.63, 3.8) is 0 Å². The Hall–Kier alpha value is -3.95. The molecule has 0 aliphatic heterocycles. The number of benzene rings is 4. The Morgan fingerprint density at radius 1 is 0.562 bits per heavy atom. The zero-order chi connectivity index (χ0) is 21.5. The van der Waals surface area contributed by atoms with Gasteiger partial charge in [-0.1, -0.05) is 103 Å². The molecule has 0 atom stereocenters. The van der Waals surface area contributed by atoms with Gasteiger partial charge >= 0.3 is 0 Å². The van der Waals surface area contributed by atoms with Gasteiger partial charge in [-0.3, -0.25) is 0 Å². The SMILES string of the molecule is Clc1cc(-c2ccccc2)nc(-c2cccc3c2oc2c(-c4ccccc4)cccc23)n1. The van der Waals surface area contributed by atoms with Crippen molar-refractivity contribution >= 4 is 33.5 Å². The average molecular weight is 433 g/mol. The number of nitrogens with zero attached hydrogens (tertiary/aromatic N) is 2. The minimum absolute atomic E-state index is 0.395. The van der Waals surface area contributed by atoms with Crippen molar-refractivity contribution in [2.24, 2.45) is 0 Å². The van der Waals surface area contributed by atoms with Gasteiger partial charge in [0.05, 0.1) is 11.3 Å². The van der Waals surface area contributed by atoms with Crippen LogP contribution >= 0.6 is 11.6 Å².